The summed E-state index contributed by atoms with van der Waals surface area (Å²) >= 11 is 0. The van der Waals surface area contributed by atoms with Crippen molar-refractivity contribution in [3.8, 4) is 5.75 Å². The SMILES string of the molecule is COc1cccc2c(C3CCNCCO3)c[nH]c12. The summed E-state index contributed by atoms with van der Waals surface area (Å²) in [6.07, 6.45) is 3.22. The first-order valence-corrected chi connectivity index (χ1v) is 6.36. The van der Waals surface area contributed by atoms with E-state index in [1.54, 1.807) is 7.11 Å². The van der Waals surface area contributed by atoms with Gasteiger partial charge in [-0.15, -0.1) is 0 Å². The minimum Gasteiger partial charge on any atom is -0.495 e. The van der Waals surface area contributed by atoms with Crippen LogP contribution in [0.1, 0.15) is 18.1 Å². The Balaban J connectivity index is 2.01. The number of aromatic amines is 1. The summed E-state index contributed by atoms with van der Waals surface area (Å²) in [4.78, 5) is 3.30. The molecule has 1 saturated heterocycles. The Morgan fingerprint density at radius 1 is 1.33 bits per heavy atom. The third-order valence-electron chi connectivity index (χ3n) is 3.46. The number of para-hydroxylation sites is 1. The molecule has 1 unspecified atom stereocenters. The second-order valence-corrected chi connectivity index (χ2v) is 4.52. The van der Waals surface area contributed by atoms with Crippen LogP contribution in [0.3, 0.4) is 0 Å². The van der Waals surface area contributed by atoms with Crippen LogP contribution in [-0.4, -0.2) is 31.8 Å². The molecule has 0 bridgehead atoms. The molecule has 96 valence electrons. The molecule has 4 heteroatoms. The number of benzene rings is 1. The summed E-state index contributed by atoms with van der Waals surface area (Å²) in [6.45, 7) is 2.70. The van der Waals surface area contributed by atoms with Gasteiger partial charge in [-0.25, -0.2) is 0 Å². The number of hydrogen-bond donors (Lipinski definition) is 2. The van der Waals surface area contributed by atoms with Crippen LogP contribution in [-0.2, 0) is 4.74 Å². The van der Waals surface area contributed by atoms with Gasteiger partial charge in [0.05, 0.1) is 25.3 Å². The predicted octanol–water partition coefficient (Wildman–Crippen LogP) is 2.23. The largest absolute Gasteiger partial charge is 0.495 e. The van der Waals surface area contributed by atoms with E-state index in [1.165, 1.54) is 10.9 Å². The Labute approximate surface area is 106 Å². The molecule has 0 aliphatic carbocycles. The summed E-state index contributed by atoms with van der Waals surface area (Å²) in [5, 5.41) is 4.55. The maximum atomic E-state index is 5.91. The average Bonchev–Trinajstić information content (AvgIpc) is 2.66. The number of fused-ring (bicyclic) bond motifs is 1. The fourth-order valence-electron chi connectivity index (χ4n) is 2.54. The van der Waals surface area contributed by atoms with E-state index in [1.807, 2.05) is 18.3 Å². The first-order chi connectivity index (χ1) is 8.90. The third kappa shape index (κ3) is 1.98. The van der Waals surface area contributed by atoms with Crippen LogP contribution in [0.25, 0.3) is 10.9 Å². The molecule has 0 spiro atoms. The first kappa shape index (κ1) is 11.6. The van der Waals surface area contributed by atoms with E-state index in [0.717, 1.165) is 37.4 Å². The van der Waals surface area contributed by atoms with Gasteiger partial charge in [0.2, 0.25) is 0 Å². The van der Waals surface area contributed by atoms with Crippen molar-refractivity contribution in [2.45, 2.75) is 12.5 Å². The standard InChI is InChI=1S/C14H18N2O2/c1-17-13-4-2-3-10-11(9-16-14(10)13)12-5-6-15-7-8-18-12/h2-4,9,12,15-16H,5-8H2,1H3. The first-order valence-electron chi connectivity index (χ1n) is 6.36. The molecular formula is C14H18N2O2. The average molecular weight is 246 g/mol. The molecule has 0 saturated carbocycles. The Kier molecular flexibility index (Phi) is 3.21. The third-order valence-corrected chi connectivity index (χ3v) is 3.46. The summed E-state index contributed by atoms with van der Waals surface area (Å²) in [7, 11) is 1.70. The molecule has 1 atom stereocenters. The molecule has 4 nitrogen and oxygen atoms in total. The van der Waals surface area contributed by atoms with E-state index in [-0.39, 0.29) is 6.10 Å². The van der Waals surface area contributed by atoms with E-state index in [9.17, 15) is 0 Å². The van der Waals surface area contributed by atoms with Gasteiger partial charge in [0.25, 0.3) is 0 Å². The van der Waals surface area contributed by atoms with Crippen LogP contribution >= 0.6 is 0 Å². The second-order valence-electron chi connectivity index (χ2n) is 4.52. The van der Waals surface area contributed by atoms with Gasteiger partial charge in [0, 0.05) is 23.7 Å². The smallest absolute Gasteiger partial charge is 0.142 e. The zero-order chi connectivity index (χ0) is 12.4. The number of hydrogen-bond acceptors (Lipinski definition) is 3. The van der Waals surface area contributed by atoms with Gasteiger partial charge in [-0.2, -0.15) is 0 Å². The molecule has 0 radical (unpaired) electrons. The molecular weight excluding hydrogens is 228 g/mol. The van der Waals surface area contributed by atoms with Gasteiger partial charge in [0.1, 0.15) is 5.75 Å². The van der Waals surface area contributed by atoms with Crippen molar-refractivity contribution in [2.75, 3.05) is 26.8 Å². The van der Waals surface area contributed by atoms with Gasteiger partial charge in [-0.1, -0.05) is 12.1 Å². The maximum Gasteiger partial charge on any atom is 0.142 e. The van der Waals surface area contributed by atoms with Crippen molar-refractivity contribution in [1.82, 2.24) is 10.3 Å². The van der Waals surface area contributed by atoms with Gasteiger partial charge in [-0.3, -0.25) is 0 Å². The van der Waals surface area contributed by atoms with Crippen LogP contribution in [0.4, 0.5) is 0 Å². The van der Waals surface area contributed by atoms with Crippen LogP contribution < -0.4 is 10.1 Å². The van der Waals surface area contributed by atoms with E-state index >= 15 is 0 Å². The fourth-order valence-corrected chi connectivity index (χ4v) is 2.54. The summed E-state index contributed by atoms with van der Waals surface area (Å²) in [6, 6.07) is 6.11. The van der Waals surface area contributed by atoms with Crippen molar-refractivity contribution in [2.24, 2.45) is 0 Å². The molecule has 2 N–H and O–H groups in total. The molecule has 1 aliphatic heterocycles. The highest BCUT2D eigenvalue weighted by atomic mass is 16.5. The zero-order valence-corrected chi connectivity index (χ0v) is 10.5. The monoisotopic (exact) mass is 246 g/mol. The predicted molar refractivity (Wildman–Crippen MR) is 71.0 cm³/mol. The highest BCUT2D eigenvalue weighted by Gasteiger charge is 2.19. The van der Waals surface area contributed by atoms with Crippen LogP contribution in [0, 0.1) is 0 Å². The minimum absolute atomic E-state index is 0.167. The molecule has 3 rings (SSSR count). The van der Waals surface area contributed by atoms with Gasteiger partial charge < -0.3 is 19.8 Å². The van der Waals surface area contributed by atoms with Crippen molar-refractivity contribution < 1.29 is 9.47 Å². The highest BCUT2D eigenvalue weighted by Crippen LogP contribution is 2.33. The minimum atomic E-state index is 0.167. The molecule has 1 aromatic carbocycles. The van der Waals surface area contributed by atoms with Crippen molar-refractivity contribution in [3.05, 3.63) is 30.0 Å². The van der Waals surface area contributed by atoms with Gasteiger partial charge in [0.15, 0.2) is 0 Å². The lowest BCUT2D eigenvalue weighted by Crippen LogP contribution is -2.16. The Hall–Kier alpha value is -1.52. The van der Waals surface area contributed by atoms with Crippen LogP contribution in [0.15, 0.2) is 24.4 Å². The fraction of sp³-hybridized carbons (Fsp3) is 0.429. The highest BCUT2D eigenvalue weighted by molar-refractivity contribution is 5.88. The summed E-state index contributed by atoms with van der Waals surface area (Å²) < 4.78 is 11.3. The Morgan fingerprint density at radius 2 is 2.28 bits per heavy atom. The molecule has 1 fully saturated rings. The normalized spacial score (nSPS) is 20.8. The second kappa shape index (κ2) is 5.00. The summed E-state index contributed by atoms with van der Waals surface area (Å²) in [5.74, 6) is 0.880. The Bertz CT molecular complexity index is 528. The van der Waals surface area contributed by atoms with E-state index in [0.29, 0.717) is 0 Å². The van der Waals surface area contributed by atoms with Crippen molar-refractivity contribution in [3.63, 3.8) is 0 Å². The summed E-state index contributed by atoms with van der Waals surface area (Å²) in [5.41, 5.74) is 2.28. The topological polar surface area (TPSA) is 46.3 Å². The number of nitrogens with one attached hydrogen (secondary N) is 2. The number of aromatic nitrogens is 1. The number of ether oxygens (including phenoxy) is 2. The molecule has 2 heterocycles. The quantitative estimate of drug-likeness (QED) is 0.854. The number of methoxy groups -OCH3 is 1. The maximum absolute atomic E-state index is 5.91. The van der Waals surface area contributed by atoms with Crippen molar-refractivity contribution >= 4 is 10.9 Å². The van der Waals surface area contributed by atoms with Gasteiger partial charge in [-0.05, 0) is 19.0 Å². The lowest BCUT2D eigenvalue weighted by molar-refractivity contribution is 0.0654. The molecule has 18 heavy (non-hydrogen) atoms. The zero-order valence-electron chi connectivity index (χ0n) is 10.5. The van der Waals surface area contributed by atoms with Crippen LogP contribution in [0.2, 0.25) is 0 Å². The van der Waals surface area contributed by atoms with E-state index in [4.69, 9.17) is 9.47 Å². The lowest BCUT2D eigenvalue weighted by atomic mass is 10.1. The lowest BCUT2D eigenvalue weighted by Gasteiger charge is -2.13. The number of H-pyrrole nitrogens is 1. The molecule has 2 aromatic rings. The van der Waals surface area contributed by atoms with Crippen LogP contribution in [0.5, 0.6) is 5.75 Å². The molecule has 1 aliphatic rings. The molecule has 0 amide bonds. The van der Waals surface area contributed by atoms with E-state index in [2.05, 4.69) is 16.4 Å². The van der Waals surface area contributed by atoms with Crippen molar-refractivity contribution in [1.29, 1.82) is 0 Å². The Morgan fingerprint density at radius 3 is 3.17 bits per heavy atom. The van der Waals surface area contributed by atoms with E-state index < -0.39 is 0 Å². The number of rotatable bonds is 2. The molecule has 1 aromatic heterocycles. The van der Waals surface area contributed by atoms with Gasteiger partial charge >= 0.3 is 0 Å².